The average Bonchev–Trinajstić information content (AvgIpc) is 3.22. The van der Waals surface area contributed by atoms with Crippen molar-refractivity contribution in [3.8, 4) is 17.1 Å². The second-order valence-corrected chi connectivity index (χ2v) is 8.55. The van der Waals surface area contributed by atoms with Crippen LogP contribution in [-0.2, 0) is 22.7 Å². The number of piperidine rings is 1. The molecular weight excluding hydrogens is 450 g/mol. The molecule has 2 amide bonds. The number of aromatic amines is 1. The number of benzene rings is 2. The fourth-order valence-electron chi connectivity index (χ4n) is 4.03. The van der Waals surface area contributed by atoms with E-state index in [1.165, 1.54) is 0 Å². The second-order valence-electron chi connectivity index (χ2n) is 8.16. The maximum Gasteiger partial charge on any atom is 0.226 e. The molecule has 0 atom stereocenters. The first kappa shape index (κ1) is 23.7. The lowest BCUT2D eigenvalue weighted by Crippen LogP contribution is -2.35. The summed E-state index contributed by atoms with van der Waals surface area (Å²) in [5, 5.41) is 10.1. The van der Waals surface area contributed by atoms with Crippen LogP contribution in [0.3, 0.4) is 0 Å². The van der Waals surface area contributed by atoms with Crippen LogP contribution in [0.25, 0.3) is 11.4 Å². The molecule has 0 saturated carbocycles. The van der Waals surface area contributed by atoms with Crippen LogP contribution >= 0.6 is 12.2 Å². The van der Waals surface area contributed by atoms with Gasteiger partial charge in [-0.1, -0.05) is 12.1 Å². The molecule has 1 saturated heterocycles. The molecule has 2 heterocycles. The summed E-state index contributed by atoms with van der Waals surface area (Å²) in [6.07, 6.45) is 2.83. The third-order valence-corrected chi connectivity index (χ3v) is 6.09. The molecule has 34 heavy (non-hydrogen) atoms. The van der Waals surface area contributed by atoms with Crippen LogP contribution in [-0.4, -0.2) is 39.7 Å². The molecule has 0 radical (unpaired) electrons. The second kappa shape index (κ2) is 11.1. The third kappa shape index (κ3) is 5.72. The largest absolute Gasteiger partial charge is 0.494 e. The van der Waals surface area contributed by atoms with Gasteiger partial charge in [0.05, 0.1) is 6.61 Å². The van der Waals surface area contributed by atoms with E-state index >= 15 is 0 Å². The molecule has 9 heteroatoms. The Bertz CT molecular complexity index is 1200. The number of amides is 2. The van der Waals surface area contributed by atoms with E-state index in [0.717, 1.165) is 42.0 Å². The Labute approximate surface area is 203 Å². The third-order valence-electron chi connectivity index (χ3n) is 5.78. The van der Waals surface area contributed by atoms with E-state index in [1.807, 2.05) is 64.9 Å². The average molecular weight is 480 g/mol. The highest BCUT2D eigenvalue weighted by molar-refractivity contribution is 7.71. The smallest absolute Gasteiger partial charge is 0.226 e. The van der Waals surface area contributed by atoms with Gasteiger partial charge in [-0.15, -0.1) is 0 Å². The van der Waals surface area contributed by atoms with Gasteiger partial charge in [-0.2, -0.15) is 5.10 Å². The molecule has 0 spiro atoms. The summed E-state index contributed by atoms with van der Waals surface area (Å²) in [6.45, 7) is 4.10. The van der Waals surface area contributed by atoms with E-state index in [-0.39, 0.29) is 18.2 Å². The highest BCUT2D eigenvalue weighted by Gasteiger charge is 2.19. The SMILES string of the molecule is CCOc1ccc(-c2n[nH]c(=S)n2CCC(=O)NCc2cccc(N3CCCCC3=O)c2)cc1. The first-order chi connectivity index (χ1) is 16.5. The van der Waals surface area contributed by atoms with Gasteiger partial charge in [0.2, 0.25) is 11.8 Å². The van der Waals surface area contributed by atoms with Crippen molar-refractivity contribution in [2.24, 2.45) is 0 Å². The number of carbonyl (C=O) groups is 2. The number of rotatable bonds is 9. The van der Waals surface area contributed by atoms with Gasteiger partial charge >= 0.3 is 0 Å². The Hall–Kier alpha value is -3.46. The van der Waals surface area contributed by atoms with Crippen molar-refractivity contribution in [3.63, 3.8) is 0 Å². The van der Waals surface area contributed by atoms with Crippen LogP contribution in [0.5, 0.6) is 5.75 Å². The topological polar surface area (TPSA) is 92.2 Å². The zero-order chi connectivity index (χ0) is 23.9. The van der Waals surface area contributed by atoms with Crippen LogP contribution in [0, 0.1) is 4.77 Å². The molecule has 0 aliphatic carbocycles. The summed E-state index contributed by atoms with van der Waals surface area (Å²) in [4.78, 5) is 26.6. The number of carbonyl (C=O) groups excluding carboxylic acids is 2. The fourth-order valence-corrected chi connectivity index (χ4v) is 4.25. The molecule has 178 valence electrons. The predicted molar refractivity (Wildman–Crippen MR) is 133 cm³/mol. The summed E-state index contributed by atoms with van der Waals surface area (Å²) in [7, 11) is 0. The summed E-state index contributed by atoms with van der Waals surface area (Å²) >= 11 is 5.38. The van der Waals surface area contributed by atoms with E-state index in [4.69, 9.17) is 17.0 Å². The standard InChI is InChI=1S/C25H29N5O3S/c1-2-33-21-11-9-19(10-12-21)24-27-28-25(34)30(24)15-13-22(31)26-17-18-6-5-7-20(16-18)29-14-4-3-8-23(29)32/h5-7,9-12,16H,2-4,8,13-15,17H2,1H3,(H,26,31)(H,28,34). The molecule has 8 nitrogen and oxygen atoms in total. The Balaban J connectivity index is 1.34. The summed E-state index contributed by atoms with van der Waals surface area (Å²) in [5.74, 6) is 1.55. The molecule has 1 aliphatic heterocycles. The van der Waals surface area contributed by atoms with Gasteiger partial charge in [-0.05, 0) is 73.9 Å². The number of hydrogen-bond acceptors (Lipinski definition) is 5. The van der Waals surface area contributed by atoms with Crippen molar-refractivity contribution >= 4 is 29.7 Å². The van der Waals surface area contributed by atoms with Gasteiger partial charge in [-0.25, -0.2) is 0 Å². The minimum atomic E-state index is -0.0832. The predicted octanol–water partition coefficient (Wildman–Crippen LogP) is 4.23. The van der Waals surface area contributed by atoms with Crippen LogP contribution in [0.4, 0.5) is 5.69 Å². The van der Waals surface area contributed by atoms with E-state index < -0.39 is 0 Å². The number of H-pyrrole nitrogens is 1. The van der Waals surface area contributed by atoms with Crippen molar-refractivity contribution in [2.45, 2.75) is 45.7 Å². The molecule has 3 aromatic rings. The van der Waals surface area contributed by atoms with Crippen molar-refractivity contribution in [1.29, 1.82) is 0 Å². The lowest BCUT2D eigenvalue weighted by molar-refractivity contribution is -0.121. The van der Waals surface area contributed by atoms with Crippen LogP contribution in [0.1, 0.15) is 38.2 Å². The number of ether oxygens (including phenoxy) is 1. The highest BCUT2D eigenvalue weighted by atomic mass is 32.1. The lowest BCUT2D eigenvalue weighted by atomic mass is 10.1. The van der Waals surface area contributed by atoms with Gasteiger partial charge < -0.3 is 15.0 Å². The first-order valence-electron chi connectivity index (χ1n) is 11.6. The monoisotopic (exact) mass is 479 g/mol. The quantitative estimate of drug-likeness (QED) is 0.448. The van der Waals surface area contributed by atoms with Crippen LogP contribution < -0.4 is 15.0 Å². The number of anilines is 1. The van der Waals surface area contributed by atoms with E-state index in [2.05, 4.69) is 15.5 Å². The van der Waals surface area contributed by atoms with Crippen molar-refractivity contribution < 1.29 is 14.3 Å². The van der Waals surface area contributed by atoms with E-state index in [0.29, 0.717) is 36.7 Å². The molecule has 2 N–H and O–H groups in total. The zero-order valence-electron chi connectivity index (χ0n) is 19.3. The number of nitrogens with one attached hydrogen (secondary N) is 2. The molecule has 4 rings (SSSR count). The van der Waals surface area contributed by atoms with Gasteiger partial charge in [0.1, 0.15) is 5.75 Å². The Morgan fingerprint density at radius 2 is 2.03 bits per heavy atom. The number of nitrogens with zero attached hydrogens (tertiary/aromatic N) is 3. The zero-order valence-corrected chi connectivity index (χ0v) is 20.1. The molecule has 0 unspecified atom stereocenters. The maximum absolute atomic E-state index is 12.6. The van der Waals surface area contributed by atoms with E-state index in [9.17, 15) is 9.59 Å². The van der Waals surface area contributed by atoms with Crippen molar-refractivity contribution in [3.05, 3.63) is 58.9 Å². The van der Waals surface area contributed by atoms with Crippen LogP contribution in [0.15, 0.2) is 48.5 Å². The maximum atomic E-state index is 12.6. The van der Waals surface area contributed by atoms with E-state index in [1.54, 1.807) is 0 Å². The van der Waals surface area contributed by atoms with Gasteiger partial charge in [0.15, 0.2) is 10.6 Å². The number of hydrogen-bond donors (Lipinski definition) is 2. The summed E-state index contributed by atoms with van der Waals surface area (Å²) in [6, 6.07) is 15.4. The molecule has 1 aromatic heterocycles. The molecule has 1 fully saturated rings. The highest BCUT2D eigenvalue weighted by Crippen LogP contribution is 2.23. The Morgan fingerprint density at radius 3 is 2.79 bits per heavy atom. The molecule has 2 aromatic carbocycles. The van der Waals surface area contributed by atoms with Gasteiger partial charge in [0, 0.05) is 43.7 Å². The minimum Gasteiger partial charge on any atom is -0.494 e. The fraction of sp³-hybridized carbons (Fsp3) is 0.360. The van der Waals surface area contributed by atoms with Gasteiger partial charge in [-0.3, -0.25) is 19.3 Å². The van der Waals surface area contributed by atoms with Crippen molar-refractivity contribution in [2.75, 3.05) is 18.1 Å². The minimum absolute atomic E-state index is 0.0832. The molecule has 0 bridgehead atoms. The number of aromatic nitrogens is 3. The molecule has 1 aliphatic rings. The Kier molecular flexibility index (Phi) is 7.74. The van der Waals surface area contributed by atoms with Crippen LogP contribution in [0.2, 0.25) is 0 Å². The van der Waals surface area contributed by atoms with Gasteiger partial charge in [0.25, 0.3) is 0 Å². The first-order valence-corrected chi connectivity index (χ1v) is 12.0. The lowest BCUT2D eigenvalue weighted by Gasteiger charge is -2.27. The normalized spacial score (nSPS) is 13.7. The summed E-state index contributed by atoms with van der Waals surface area (Å²) in [5.41, 5.74) is 2.74. The van der Waals surface area contributed by atoms with Crippen molar-refractivity contribution in [1.82, 2.24) is 20.1 Å². The Morgan fingerprint density at radius 1 is 1.21 bits per heavy atom. The molecular formula is C25H29N5O3S. The summed E-state index contributed by atoms with van der Waals surface area (Å²) < 4.78 is 7.79.